The molecule has 0 heterocycles. The third-order valence-electron chi connectivity index (χ3n) is 2.23. The lowest BCUT2D eigenvalue weighted by molar-refractivity contribution is 0.404. The van der Waals surface area contributed by atoms with E-state index in [1.807, 2.05) is 30.3 Å². The second kappa shape index (κ2) is 5.64. The Morgan fingerprint density at radius 3 is 2.47 bits per heavy atom. The van der Waals surface area contributed by atoms with Crippen molar-refractivity contribution in [2.45, 2.75) is 9.79 Å². The molecule has 0 amide bonds. The molecule has 0 aliphatic carbocycles. The number of benzene rings is 2. The minimum Gasteiger partial charge on any atom is -0.496 e. The van der Waals surface area contributed by atoms with Gasteiger partial charge in [-0.3, -0.25) is 0 Å². The van der Waals surface area contributed by atoms with Gasteiger partial charge in [0.05, 0.1) is 12.0 Å². The summed E-state index contributed by atoms with van der Waals surface area (Å²) in [5, 5.41) is 0. The molecule has 2 aromatic carbocycles. The van der Waals surface area contributed by atoms with Crippen LogP contribution in [-0.2, 0) is 0 Å². The molecular weight excluding hydrogens is 345 g/mol. The van der Waals surface area contributed by atoms with E-state index in [1.165, 1.54) is 3.57 Å². The summed E-state index contributed by atoms with van der Waals surface area (Å²) in [5.74, 6) is 0.902. The molecule has 0 atom stereocenters. The molecule has 0 radical (unpaired) electrons. The van der Waals surface area contributed by atoms with Gasteiger partial charge in [0.1, 0.15) is 5.75 Å². The molecule has 0 bridgehead atoms. The van der Waals surface area contributed by atoms with E-state index in [-0.39, 0.29) is 0 Å². The summed E-state index contributed by atoms with van der Waals surface area (Å²) >= 11 is 3.95. The molecule has 2 N–H and O–H groups in total. The van der Waals surface area contributed by atoms with Gasteiger partial charge >= 0.3 is 0 Å². The number of methoxy groups -OCH3 is 1. The van der Waals surface area contributed by atoms with Gasteiger partial charge < -0.3 is 10.5 Å². The fourth-order valence-electron chi connectivity index (χ4n) is 1.39. The fourth-order valence-corrected chi connectivity index (χ4v) is 2.76. The molecule has 0 saturated carbocycles. The Hall–Kier alpha value is -0.880. The van der Waals surface area contributed by atoms with Gasteiger partial charge in [-0.05, 0) is 65.1 Å². The second-order valence-corrected chi connectivity index (χ2v) is 5.83. The van der Waals surface area contributed by atoms with Crippen molar-refractivity contribution in [3.63, 3.8) is 0 Å². The lowest BCUT2D eigenvalue weighted by Crippen LogP contribution is -1.87. The van der Waals surface area contributed by atoms with Crippen LogP contribution < -0.4 is 10.5 Å². The van der Waals surface area contributed by atoms with Crippen LogP contribution in [0.25, 0.3) is 0 Å². The van der Waals surface area contributed by atoms with Crippen molar-refractivity contribution < 1.29 is 4.74 Å². The number of halogens is 1. The Balaban J connectivity index is 2.26. The first-order chi connectivity index (χ1) is 8.19. The Morgan fingerprint density at radius 1 is 1.12 bits per heavy atom. The van der Waals surface area contributed by atoms with Crippen molar-refractivity contribution in [1.29, 1.82) is 0 Å². The van der Waals surface area contributed by atoms with E-state index in [0.717, 1.165) is 21.2 Å². The Labute approximate surface area is 119 Å². The minimum absolute atomic E-state index is 0.781. The molecule has 4 heteroatoms. The van der Waals surface area contributed by atoms with Gasteiger partial charge in [0, 0.05) is 14.2 Å². The molecule has 88 valence electrons. The number of hydrogen-bond donors (Lipinski definition) is 1. The number of nitrogens with two attached hydrogens (primary N) is 1. The topological polar surface area (TPSA) is 35.2 Å². The number of rotatable bonds is 3. The molecule has 0 aliphatic rings. The summed E-state index contributed by atoms with van der Waals surface area (Å²) in [6, 6.07) is 14.0. The molecule has 2 nitrogen and oxygen atoms in total. The summed E-state index contributed by atoms with van der Waals surface area (Å²) in [6.07, 6.45) is 0. The Kier molecular flexibility index (Phi) is 4.17. The molecule has 0 aliphatic heterocycles. The maximum absolute atomic E-state index is 5.66. The van der Waals surface area contributed by atoms with Gasteiger partial charge in [0.2, 0.25) is 0 Å². The van der Waals surface area contributed by atoms with Gasteiger partial charge in [-0.2, -0.15) is 0 Å². The van der Waals surface area contributed by atoms with Crippen LogP contribution in [0.2, 0.25) is 0 Å². The second-order valence-electron chi connectivity index (χ2n) is 3.47. The molecule has 0 aromatic heterocycles. The molecule has 17 heavy (non-hydrogen) atoms. The first kappa shape index (κ1) is 12.6. The molecule has 0 unspecified atom stereocenters. The van der Waals surface area contributed by atoms with Gasteiger partial charge in [-0.25, -0.2) is 0 Å². The monoisotopic (exact) mass is 357 g/mol. The first-order valence-corrected chi connectivity index (χ1v) is 6.95. The summed E-state index contributed by atoms with van der Waals surface area (Å²) in [5.41, 5.74) is 6.44. The van der Waals surface area contributed by atoms with Gasteiger partial charge in [-0.15, -0.1) is 0 Å². The summed E-state index contributed by atoms with van der Waals surface area (Å²) in [7, 11) is 1.69. The van der Waals surface area contributed by atoms with E-state index in [4.69, 9.17) is 10.5 Å². The van der Waals surface area contributed by atoms with Crippen molar-refractivity contribution in [2.24, 2.45) is 0 Å². The van der Waals surface area contributed by atoms with Crippen LogP contribution in [0.4, 0.5) is 5.69 Å². The van der Waals surface area contributed by atoms with E-state index < -0.39 is 0 Å². The highest BCUT2D eigenvalue weighted by Crippen LogP contribution is 2.35. The average molecular weight is 357 g/mol. The van der Waals surface area contributed by atoms with Crippen LogP contribution in [0.15, 0.2) is 52.3 Å². The summed E-state index contributed by atoms with van der Waals surface area (Å²) < 4.78 is 6.54. The molecule has 2 rings (SSSR count). The van der Waals surface area contributed by atoms with E-state index in [1.54, 1.807) is 18.9 Å². The van der Waals surface area contributed by atoms with Crippen LogP contribution in [0.3, 0.4) is 0 Å². The van der Waals surface area contributed by atoms with Crippen molar-refractivity contribution in [1.82, 2.24) is 0 Å². The number of anilines is 1. The smallest absolute Gasteiger partial charge is 0.133 e. The lowest BCUT2D eigenvalue weighted by Gasteiger charge is -2.08. The van der Waals surface area contributed by atoms with Crippen LogP contribution in [-0.4, -0.2) is 7.11 Å². The number of ether oxygens (including phenoxy) is 1. The lowest BCUT2D eigenvalue weighted by atomic mass is 10.3. The van der Waals surface area contributed by atoms with Gasteiger partial charge in [0.15, 0.2) is 0 Å². The van der Waals surface area contributed by atoms with Crippen LogP contribution >= 0.6 is 34.4 Å². The molecule has 0 fully saturated rings. The van der Waals surface area contributed by atoms with Crippen molar-refractivity contribution >= 4 is 40.0 Å². The normalized spacial score (nSPS) is 10.2. The molecule has 0 saturated heterocycles. The Bertz CT molecular complexity index is 513. The minimum atomic E-state index is 0.781. The van der Waals surface area contributed by atoms with E-state index in [0.29, 0.717) is 0 Å². The largest absolute Gasteiger partial charge is 0.496 e. The SMILES string of the molecule is COc1cc(I)ccc1Sc1ccc(N)cc1. The highest BCUT2D eigenvalue weighted by molar-refractivity contribution is 14.1. The third kappa shape index (κ3) is 3.29. The maximum Gasteiger partial charge on any atom is 0.133 e. The van der Waals surface area contributed by atoms with E-state index in [2.05, 4.69) is 34.7 Å². The predicted octanol–water partition coefficient (Wildman–Crippen LogP) is 4.03. The van der Waals surface area contributed by atoms with Crippen LogP contribution in [0, 0.1) is 3.57 Å². The van der Waals surface area contributed by atoms with Gasteiger partial charge in [0.25, 0.3) is 0 Å². The van der Waals surface area contributed by atoms with E-state index in [9.17, 15) is 0 Å². The van der Waals surface area contributed by atoms with Crippen molar-refractivity contribution in [3.05, 3.63) is 46.0 Å². The number of nitrogen functional groups attached to an aromatic ring is 1. The zero-order valence-corrected chi connectivity index (χ0v) is 12.3. The standard InChI is InChI=1S/C13H12INOS/c1-16-12-8-9(14)2-7-13(12)17-11-5-3-10(15)4-6-11/h2-8H,15H2,1H3. The zero-order valence-electron chi connectivity index (χ0n) is 9.31. The van der Waals surface area contributed by atoms with Gasteiger partial charge in [-0.1, -0.05) is 11.8 Å². The zero-order chi connectivity index (χ0) is 12.3. The molecule has 0 spiro atoms. The highest BCUT2D eigenvalue weighted by atomic mass is 127. The predicted molar refractivity (Wildman–Crippen MR) is 80.7 cm³/mol. The average Bonchev–Trinajstić information content (AvgIpc) is 2.34. The quantitative estimate of drug-likeness (QED) is 0.665. The molecule has 2 aromatic rings. The Morgan fingerprint density at radius 2 is 1.82 bits per heavy atom. The summed E-state index contributed by atoms with van der Waals surface area (Å²) in [6.45, 7) is 0. The third-order valence-corrected chi connectivity index (χ3v) is 3.97. The first-order valence-electron chi connectivity index (χ1n) is 5.06. The molecular formula is C13H12INOS. The van der Waals surface area contributed by atoms with Crippen LogP contribution in [0.1, 0.15) is 0 Å². The summed E-state index contributed by atoms with van der Waals surface area (Å²) in [4.78, 5) is 2.26. The fraction of sp³-hybridized carbons (Fsp3) is 0.0769. The van der Waals surface area contributed by atoms with Crippen molar-refractivity contribution in [3.8, 4) is 5.75 Å². The van der Waals surface area contributed by atoms with Crippen LogP contribution in [0.5, 0.6) is 5.75 Å². The highest BCUT2D eigenvalue weighted by Gasteiger charge is 2.05. The maximum atomic E-state index is 5.66. The van der Waals surface area contributed by atoms with E-state index >= 15 is 0 Å². The van der Waals surface area contributed by atoms with Crippen molar-refractivity contribution in [2.75, 3.05) is 12.8 Å². The number of hydrogen-bond acceptors (Lipinski definition) is 3.